The molecule has 0 atom stereocenters. The number of benzene rings is 1. The van der Waals surface area contributed by atoms with Crippen molar-refractivity contribution in [1.29, 1.82) is 0 Å². The van der Waals surface area contributed by atoms with Crippen LogP contribution in [0.1, 0.15) is 37.6 Å². The average molecular weight is 292 g/mol. The van der Waals surface area contributed by atoms with Crippen LogP contribution < -0.4 is 10.6 Å². The van der Waals surface area contributed by atoms with E-state index in [9.17, 15) is 9.59 Å². The second kappa shape index (κ2) is 9.00. The number of para-hydroxylation sites is 1. The predicted molar refractivity (Wildman–Crippen MR) is 83.4 cm³/mol. The summed E-state index contributed by atoms with van der Waals surface area (Å²) in [5.41, 5.74) is 1.05. The lowest BCUT2D eigenvalue weighted by molar-refractivity contribution is -0.119. The van der Waals surface area contributed by atoms with Crippen LogP contribution in [0.25, 0.3) is 0 Å². The molecule has 21 heavy (non-hydrogen) atoms. The van der Waals surface area contributed by atoms with E-state index < -0.39 is 0 Å². The summed E-state index contributed by atoms with van der Waals surface area (Å²) in [6, 6.07) is 7.01. The van der Waals surface area contributed by atoms with Crippen molar-refractivity contribution in [3.05, 3.63) is 29.8 Å². The molecule has 1 amide bonds. The molecule has 1 aromatic rings. The Labute approximate surface area is 126 Å². The topological polar surface area (TPSA) is 67.4 Å². The number of hydrogen-bond donors (Lipinski definition) is 2. The summed E-state index contributed by atoms with van der Waals surface area (Å²) in [5, 5.41) is 5.82. The molecule has 5 heteroatoms. The maximum Gasteiger partial charge on any atom is 0.340 e. The van der Waals surface area contributed by atoms with Crippen LogP contribution >= 0.6 is 0 Å². The fraction of sp³-hybridized carbons (Fsp3) is 0.500. The zero-order valence-electron chi connectivity index (χ0n) is 12.9. The molecular weight excluding hydrogens is 268 g/mol. The van der Waals surface area contributed by atoms with Crippen LogP contribution in [0.2, 0.25) is 0 Å². The van der Waals surface area contributed by atoms with Gasteiger partial charge in [0.25, 0.3) is 0 Å². The molecule has 0 aliphatic rings. The summed E-state index contributed by atoms with van der Waals surface area (Å²) in [6.45, 7) is 7.10. The van der Waals surface area contributed by atoms with E-state index in [2.05, 4.69) is 24.5 Å². The molecule has 0 aliphatic carbocycles. The minimum Gasteiger partial charge on any atom is -0.462 e. The minimum absolute atomic E-state index is 0.0886. The van der Waals surface area contributed by atoms with Crippen LogP contribution in [0.15, 0.2) is 24.3 Å². The van der Waals surface area contributed by atoms with Gasteiger partial charge in [0.2, 0.25) is 5.91 Å². The first-order chi connectivity index (χ1) is 10.0. The van der Waals surface area contributed by atoms with Gasteiger partial charge in [-0.1, -0.05) is 26.0 Å². The zero-order valence-corrected chi connectivity index (χ0v) is 12.9. The number of carbonyl (C=O) groups is 2. The normalized spacial score (nSPS) is 10.3. The number of anilines is 1. The first-order valence-electron chi connectivity index (χ1n) is 7.31. The molecule has 116 valence electrons. The summed E-state index contributed by atoms with van der Waals surface area (Å²) in [4.78, 5) is 23.5. The highest BCUT2D eigenvalue weighted by atomic mass is 16.5. The van der Waals surface area contributed by atoms with Crippen LogP contribution in [0, 0.1) is 5.92 Å². The third-order valence-electron chi connectivity index (χ3n) is 2.91. The number of esters is 1. The van der Waals surface area contributed by atoms with Gasteiger partial charge in [-0.3, -0.25) is 4.79 Å². The van der Waals surface area contributed by atoms with Crippen LogP contribution in [-0.2, 0) is 9.53 Å². The van der Waals surface area contributed by atoms with E-state index >= 15 is 0 Å². The first kappa shape index (κ1) is 17.0. The lowest BCUT2D eigenvalue weighted by Crippen LogP contribution is -2.31. The van der Waals surface area contributed by atoms with Gasteiger partial charge in [-0.15, -0.1) is 0 Å². The minimum atomic E-state index is -0.388. The molecule has 0 saturated heterocycles. The van der Waals surface area contributed by atoms with Gasteiger partial charge < -0.3 is 15.4 Å². The highest BCUT2D eigenvalue weighted by Gasteiger charge is 2.12. The predicted octanol–water partition coefficient (Wildman–Crippen LogP) is 2.44. The van der Waals surface area contributed by atoms with E-state index in [-0.39, 0.29) is 18.4 Å². The maximum atomic E-state index is 11.8. The van der Waals surface area contributed by atoms with Crippen LogP contribution in [0.4, 0.5) is 5.69 Å². The quantitative estimate of drug-likeness (QED) is 0.722. The third-order valence-corrected chi connectivity index (χ3v) is 2.91. The van der Waals surface area contributed by atoms with Gasteiger partial charge in [0, 0.05) is 12.2 Å². The van der Waals surface area contributed by atoms with E-state index in [1.807, 2.05) is 6.07 Å². The Morgan fingerprint density at radius 2 is 1.95 bits per heavy atom. The van der Waals surface area contributed by atoms with Crippen molar-refractivity contribution in [2.75, 3.05) is 25.0 Å². The van der Waals surface area contributed by atoms with E-state index in [4.69, 9.17) is 4.74 Å². The molecule has 1 aromatic carbocycles. The standard InChI is InChI=1S/C16H24N2O3/c1-4-21-16(20)13-7-5-6-8-14(13)18-11-15(19)17-10-9-12(2)3/h5-8,12,18H,4,9-11H2,1-3H3,(H,17,19). The van der Waals surface area contributed by atoms with E-state index in [0.29, 0.717) is 30.3 Å². The Kier molecular flexibility index (Phi) is 7.29. The van der Waals surface area contributed by atoms with Gasteiger partial charge in [-0.2, -0.15) is 0 Å². The second-order valence-electron chi connectivity index (χ2n) is 5.15. The second-order valence-corrected chi connectivity index (χ2v) is 5.15. The number of amides is 1. The fourth-order valence-electron chi connectivity index (χ4n) is 1.76. The molecule has 0 bridgehead atoms. The highest BCUT2D eigenvalue weighted by molar-refractivity contribution is 5.96. The SMILES string of the molecule is CCOC(=O)c1ccccc1NCC(=O)NCCC(C)C. The molecule has 0 fully saturated rings. The van der Waals surface area contributed by atoms with E-state index in [1.54, 1.807) is 25.1 Å². The van der Waals surface area contributed by atoms with Crippen LogP contribution in [0.5, 0.6) is 0 Å². The van der Waals surface area contributed by atoms with Crippen molar-refractivity contribution in [1.82, 2.24) is 5.32 Å². The van der Waals surface area contributed by atoms with Gasteiger partial charge >= 0.3 is 5.97 Å². The van der Waals surface area contributed by atoms with E-state index in [1.165, 1.54) is 0 Å². The van der Waals surface area contributed by atoms with Gasteiger partial charge in [-0.05, 0) is 31.4 Å². The van der Waals surface area contributed by atoms with Gasteiger partial charge in [0.15, 0.2) is 0 Å². The van der Waals surface area contributed by atoms with Crippen molar-refractivity contribution < 1.29 is 14.3 Å². The molecule has 1 rings (SSSR count). The highest BCUT2D eigenvalue weighted by Crippen LogP contribution is 2.15. The summed E-state index contributed by atoms with van der Waals surface area (Å²) in [6.07, 6.45) is 0.950. The zero-order chi connectivity index (χ0) is 15.7. The molecule has 2 N–H and O–H groups in total. The van der Waals surface area contributed by atoms with Crippen LogP contribution in [0.3, 0.4) is 0 Å². The average Bonchev–Trinajstić information content (AvgIpc) is 2.45. The summed E-state index contributed by atoms with van der Waals surface area (Å²) in [5.74, 6) is 0.0814. The van der Waals surface area contributed by atoms with Crippen molar-refractivity contribution in [2.45, 2.75) is 27.2 Å². The number of carbonyl (C=O) groups excluding carboxylic acids is 2. The molecule has 5 nitrogen and oxygen atoms in total. The number of ether oxygens (including phenoxy) is 1. The van der Waals surface area contributed by atoms with Gasteiger partial charge in [-0.25, -0.2) is 4.79 Å². The van der Waals surface area contributed by atoms with Crippen molar-refractivity contribution in [3.8, 4) is 0 Å². The molecule has 0 unspecified atom stereocenters. The Hall–Kier alpha value is -2.04. The lowest BCUT2D eigenvalue weighted by Gasteiger charge is -2.12. The number of hydrogen-bond acceptors (Lipinski definition) is 4. The maximum absolute atomic E-state index is 11.8. The largest absolute Gasteiger partial charge is 0.462 e. The monoisotopic (exact) mass is 292 g/mol. The molecular formula is C16H24N2O3. The molecule has 0 saturated carbocycles. The smallest absolute Gasteiger partial charge is 0.340 e. The Morgan fingerprint density at radius 1 is 1.24 bits per heavy atom. The molecule has 0 aromatic heterocycles. The van der Waals surface area contributed by atoms with Crippen molar-refractivity contribution >= 4 is 17.6 Å². The van der Waals surface area contributed by atoms with Gasteiger partial charge in [0.1, 0.15) is 0 Å². The van der Waals surface area contributed by atoms with Crippen molar-refractivity contribution in [2.24, 2.45) is 5.92 Å². The Bertz CT molecular complexity index is 472. The number of nitrogens with one attached hydrogen (secondary N) is 2. The Balaban J connectivity index is 2.51. The summed E-state index contributed by atoms with van der Waals surface area (Å²) < 4.78 is 4.99. The van der Waals surface area contributed by atoms with E-state index in [0.717, 1.165) is 6.42 Å². The van der Waals surface area contributed by atoms with Gasteiger partial charge in [0.05, 0.1) is 18.7 Å². The first-order valence-corrected chi connectivity index (χ1v) is 7.31. The molecule has 0 heterocycles. The van der Waals surface area contributed by atoms with Crippen molar-refractivity contribution in [3.63, 3.8) is 0 Å². The third kappa shape index (κ3) is 6.29. The molecule has 0 aliphatic heterocycles. The Morgan fingerprint density at radius 3 is 2.62 bits per heavy atom. The van der Waals surface area contributed by atoms with Crippen LogP contribution in [-0.4, -0.2) is 31.6 Å². The number of rotatable bonds is 8. The summed E-state index contributed by atoms with van der Waals surface area (Å²) >= 11 is 0. The lowest BCUT2D eigenvalue weighted by atomic mass is 10.1. The molecule has 0 spiro atoms. The summed E-state index contributed by atoms with van der Waals surface area (Å²) in [7, 11) is 0. The molecule has 0 radical (unpaired) electrons. The fourth-order valence-corrected chi connectivity index (χ4v) is 1.76.